The Morgan fingerprint density at radius 3 is 2.32 bits per heavy atom. The predicted molar refractivity (Wildman–Crippen MR) is 101 cm³/mol. The molecule has 0 N–H and O–H groups in total. The van der Waals surface area contributed by atoms with Crippen LogP contribution in [0.1, 0.15) is 46.0 Å². The average molecular weight is 345 g/mol. The highest BCUT2D eigenvalue weighted by Crippen LogP contribution is 2.28. The van der Waals surface area contributed by atoms with E-state index in [1.54, 1.807) is 0 Å². The van der Waals surface area contributed by atoms with Crippen molar-refractivity contribution < 1.29 is 4.79 Å². The zero-order valence-corrected chi connectivity index (χ0v) is 15.7. The Kier molecular flexibility index (Phi) is 6.10. The van der Waals surface area contributed by atoms with E-state index in [4.69, 9.17) is 0 Å². The molecule has 0 spiro atoms. The smallest absolute Gasteiger partial charge is 0.222 e. The number of rotatable bonds is 6. The lowest BCUT2D eigenvalue weighted by atomic mass is 10.0. The van der Waals surface area contributed by atoms with Gasteiger partial charge in [0.15, 0.2) is 11.6 Å². The monoisotopic (exact) mass is 345 g/mol. The molecule has 2 heterocycles. The van der Waals surface area contributed by atoms with Gasteiger partial charge < -0.3 is 14.7 Å². The quantitative estimate of drug-likeness (QED) is 0.793. The van der Waals surface area contributed by atoms with E-state index in [-0.39, 0.29) is 0 Å². The van der Waals surface area contributed by atoms with Gasteiger partial charge in [0.1, 0.15) is 0 Å². The van der Waals surface area contributed by atoms with Crippen LogP contribution in [0.4, 0.5) is 11.6 Å². The maximum absolute atomic E-state index is 12.5. The number of hydrogen-bond acceptors (Lipinski definition) is 5. The molecular weight excluding hydrogens is 314 g/mol. The van der Waals surface area contributed by atoms with Crippen LogP contribution in [0.2, 0.25) is 0 Å². The normalized spacial score (nSPS) is 18.6. The first-order valence-electron chi connectivity index (χ1n) is 9.82. The zero-order valence-electron chi connectivity index (χ0n) is 15.7. The summed E-state index contributed by atoms with van der Waals surface area (Å²) in [7, 11) is 0. The first-order valence-corrected chi connectivity index (χ1v) is 9.82. The van der Waals surface area contributed by atoms with E-state index in [1.807, 2.05) is 11.0 Å². The molecule has 1 amide bonds. The van der Waals surface area contributed by atoms with Gasteiger partial charge in [-0.2, -0.15) is 0 Å². The van der Waals surface area contributed by atoms with Crippen molar-refractivity contribution >= 4 is 17.5 Å². The maximum atomic E-state index is 12.5. The van der Waals surface area contributed by atoms with E-state index in [2.05, 4.69) is 39.9 Å². The number of aromatic nitrogens is 2. The molecule has 1 aromatic rings. The van der Waals surface area contributed by atoms with Crippen molar-refractivity contribution in [2.45, 2.75) is 46.0 Å². The van der Waals surface area contributed by atoms with E-state index in [9.17, 15) is 4.79 Å². The topological polar surface area (TPSA) is 52.6 Å². The zero-order chi connectivity index (χ0) is 17.6. The molecule has 1 aliphatic carbocycles. The third kappa shape index (κ3) is 4.41. The molecule has 1 aromatic heterocycles. The van der Waals surface area contributed by atoms with Gasteiger partial charge in [0.05, 0.1) is 0 Å². The van der Waals surface area contributed by atoms with Crippen molar-refractivity contribution in [3.05, 3.63) is 12.1 Å². The van der Waals surface area contributed by atoms with Crippen LogP contribution >= 0.6 is 0 Å². The second-order valence-electron chi connectivity index (χ2n) is 7.14. The van der Waals surface area contributed by atoms with Gasteiger partial charge in [-0.1, -0.05) is 12.8 Å². The summed E-state index contributed by atoms with van der Waals surface area (Å²) in [5.74, 6) is 2.82. The highest BCUT2D eigenvalue weighted by Gasteiger charge is 2.25. The molecule has 0 atom stereocenters. The molecule has 2 aliphatic rings. The summed E-state index contributed by atoms with van der Waals surface area (Å²) in [6.45, 7) is 9.40. The molecule has 2 fully saturated rings. The standard InChI is InChI=1S/C19H31N5O/c1-3-22(4-2)17-9-10-18(21-20-17)23-11-13-24(14-12-23)19(25)15-16-7-5-6-8-16/h9-10,16H,3-8,11-15H2,1-2H3. The Labute approximate surface area is 151 Å². The van der Waals surface area contributed by atoms with Gasteiger partial charge in [-0.05, 0) is 44.7 Å². The van der Waals surface area contributed by atoms with Gasteiger partial charge in [0.25, 0.3) is 0 Å². The van der Waals surface area contributed by atoms with Crippen LogP contribution < -0.4 is 9.80 Å². The second-order valence-corrected chi connectivity index (χ2v) is 7.14. The van der Waals surface area contributed by atoms with Gasteiger partial charge in [-0.3, -0.25) is 4.79 Å². The molecule has 1 saturated carbocycles. The third-order valence-corrected chi connectivity index (χ3v) is 5.62. The Balaban J connectivity index is 1.50. The molecule has 1 aliphatic heterocycles. The van der Waals surface area contributed by atoms with Crippen LogP contribution in [-0.4, -0.2) is 60.3 Å². The van der Waals surface area contributed by atoms with Gasteiger partial charge in [0.2, 0.25) is 5.91 Å². The third-order valence-electron chi connectivity index (χ3n) is 5.62. The minimum absolute atomic E-state index is 0.342. The minimum atomic E-state index is 0.342. The van der Waals surface area contributed by atoms with E-state index in [1.165, 1.54) is 25.7 Å². The highest BCUT2D eigenvalue weighted by atomic mass is 16.2. The first-order chi connectivity index (χ1) is 12.2. The summed E-state index contributed by atoms with van der Waals surface area (Å²) in [6, 6.07) is 4.10. The van der Waals surface area contributed by atoms with Crippen LogP contribution in [0.25, 0.3) is 0 Å². The van der Waals surface area contributed by atoms with Crippen molar-refractivity contribution in [3.8, 4) is 0 Å². The summed E-state index contributed by atoms with van der Waals surface area (Å²) in [5, 5.41) is 8.78. The van der Waals surface area contributed by atoms with Gasteiger partial charge >= 0.3 is 0 Å². The second kappa shape index (κ2) is 8.50. The fourth-order valence-corrected chi connectivity index (χ4v) is 3.98. The molecule has 3 rings (SSSR count). The lowest BCUT2D eigenvalue weighted by molar-refractivity contribution is -0.132. The van der Waals surface area contributed by atoms with E-state index in [0.717, 1.165) is 57.3 Å². The number of anilines is 2. The lowest BCUT2D eigenvalue weighted by Gasteiger charge is -2.35. The number of nitrogens with zero attached hydrogens (tertiary/aromatic N) is 5. The van der Waals surface area contributed by atoms with E-state index >= 15 is 0 Å². The molecule has 25 heavy (non-hydrogen) atoms. The van der Waals surface area contributed by atoms with Crippen LogP contribution in [0.5, 0.6) is 0 Å². The van der Waals surface area contributed by atoms with Crippen LogP contribution in [-0.2, 0) is 4.79 Å². The summed E-state index contributed by atoms with van der Waals surface area (Å²) < 4.78 is 0. The Morgan fingerprint density at radius 2 is 1.76 bits per heavy atom. The fraction of sp³-hybridized carbons (Fsp3) is 0.737. The molecule has 6 nitrogen and oxygen atoms in total. The SMILES string of the molecule is CCN(CC)c1ccc(N2CCN(C(=O)CC3CCCC3)CC2)nn1. The maximum Gasteiger partial charge on any atom is 0.222 e. The van der Waals surface area contributed by atoms with Crippen LogP contribution in [0, 0.1) is 5.92 Å². The molecule has 138 valence electrons. The van der Waals surface area contributed by atoms with Crippen molar-refractivity contribution in [3.63, 3.8) is 0 Å². The predicted octanol–water partition coefficient (Wildman–Crippen LogP) is 2.55. The molecule has 6 heteroatoms. The van der Waals surface area contributed by atoms with E-state index < -0.39 is 0 Å². The molecule has 0 unspecified atom stereocenters. The Hall–Kier alpha value is -1.85. The lowest BCUT2D eigenvalue weighted by Crippen LogP contribution is -2.49. The van der Waals surface area contributed by atoms with Crippen LogP contribution in [0.15, 0.2) is 12.1 Å². The van der Waals surface area contributed by atoms with Crippen molar-refractivity contribution in [2.24, 2.45) is 5.92 Å². The van der Waals surface area contributed by atoms with Crippen molar-refractivity contribution in [1.29, 1.82) is 0 Å². The summed E-state index contributed by atoms with van der Waals surface area (Å²) in [4.78, 5) is 18.9. The molecule has 1 saturated heterocycles. The average Bonchev–Trinajstić information content (AvgIpc) is 3.16. The Morgan fingerprint density at radius 1 is 1.08 bits per heavy atom. The fourth-order valence-electron chi connectivity index (χ4n) is 3.98. The number of piperazine rings is 1. The summed E-state index contributed by atoms with van der Waals surface area (Å²) in [6.07, 6.45) is 5.82. The largest absolute Gasteiger partial charge is 0.356 e. The molecule has 0 radical (unpaired) electrons. The number of hydrogen-bond donors (Lipinski definition) is 0. The highest BCUT2D eigenvalue weighted by molar-refractivity contribution is 5.76. The Bertz CT molecular complexity index is 543. The molecule has 0 bridgehead atoms. The summed E-state index contributed by atoms with van der Waals surface area (Å²) >= 11 is 0. The number of carbonyl (C=O) groups excluding carboxylic acids is 1. The van der Waals surface area contributed by atoms with Crippen molar-refractivity contribution in [2.75, 3.05) is 49.1 Å². The summed E-state index contributed by atoms with van der Waals surface area (Å²) in [5.41, 5.74) is 0. The van der Waals surface area contributed by atoms with Gasteiger partial charge in [-0.25, -0.2) is 0 Å². The van der Waals surface area contributed by atoms with Gasteiger partial charge in [-0.15, -0.1) is 10.2 Å². The molecule has 0 aromatic carbocycles. The van der Waals surface area contributed by atoms with E-state index in [0.29, 0.717) is 11.8 Å². The molecular formula is C19H31N5O. The minimum Gasteiger partial charge on any atom is -0.356 e. The first kappa shape index (κ1) is 18.0. The number of carbonyl (C=O) groups is 1. The van der Waals surface area contributed by atoms with Crippen LogP contribution in [0.3, 0.4) is 0 Å². The number of amides is 1. The van der Waals surface area contributed by atoms with Crippen molar-refractivity contribution in [1.82, 2.24) is 15.1 Å². The van der Waals surface area contributed by atoms with Gasteiger partial charge in [0, 0.05) is 45.7 Å².